The van der Waals surface area contributed by atoms with Gasteiger partial charge in [-0.2, -0.15) is 26.3 Å². The molecule has 0 bridgehead atoms. The maximum absolute atomic E-state index is 14.1. The molecule has 33 heavy (non-hydrogen) atoms. The van der Waals surface area contributed by atoms with E-state index in [2.05, 4.69) is 5.16 Å². The van der Waals surface area contributed by atoms with Gasteiger partial charge in [0.15, 0.2) is 23.0 Å². The molecule has 0 aliphatic rings. The van der Waals surface area contributed by atoms with Crippen LogP contribution in [-0.2, 0) is 0 Å². The molecule has 0 aliphatic carbocycles. The molecule has 2 atom stereocenters. The van der Waals surface area contributed by atoms with Crippen molar-refractivity contribution in [3.8, 4) is 23.0 Å². The van der Waals surface area contributed by atoms with Gasteiger partial charge in [-0.25, -0.2) is 0 Å². The molecular formula is C21H21F6NO5. The van der Waals surface area contributed by atoms with Crippen molar-refractivity contribution in [2.75, 3.05) is 28.4 Å². The van der Waals surface area contributed by atoms with E-state index >= 15 is 0 Å². The van der Waals surface area contributed by atoms with Crippen LogP contribution in [0.3, 0.4) is 0 Å². The summed E-state index contributed by atoms with van der Waals surface area (Å²) in [4.78, 5) is 0. The lowest BCUT2D eigenvalue weighted by Crippen LogP contribution is -2.38. The van der Waals surface area contributed by atoms with Crippen LogP contribution in [0.1, 0.15) is 23.0 Å². The minimum atomic E-state index is -5.25. The molecule has 182 valence electrons. The first-order valence-corrected chi connectivity index (χ1v) is 9.22. The number of methoxy groups -OCH3 is 4. The summed E-state index contributed by atoms with van der Waals surface area (Å²) in [6, 6.07) is 5.83. The van der Waals surface area contributed by atoms with Crippen molar-refractivity contribution < 1.29 is 50.5 Å². The number of oxime groups is 1. The summed E-state index contributed by atoms with van der Waals surface area (Å²) in [5.41, 5.74) is -2.85. The fourth-order valence-corrected chi connectivity index (χ4v) is 3.40. The lowest BCUT2D eigenvalue weighted by atomic mass is 9.81. The number of hydrogen-bond acceptors (Lipinski definition) is 6. The third-order valence-electron chi connectivity index (χ3n) is 4.84. The molecule has 6 nitrogen and oxygen atoms in total. The van der Waals surface area contributed by atoms with Gasteiger partial charge in [-0.1, -0.05) is 17.3 Å². The zero-order valence-corrected chi connectivity index (χ0v) is 17.9. The third kappa shape index (κ3) is 5.55. The normalized spacial score (nSPS) is 13.6. The standard InChI is InChI=1S/C21H21F6NO5/c1-30-13-7-5-11(9-15(13)32-3)17(20(22,23)24)19(28-29)18(21(25,26)27)12-6-8-14(31-2)16(10-12)33-4/h5-10,17-18,29H,1-4H3. The summed E-state index contributed by atoms with van der Waals surface area (Å²) in [6.45, 7) is 0. The molecule has 0 spiro atoms. The van der Waals surface area contributed by atoms with E-state index in [4.69, 9.17) is 18.9 Å². The van der Waals surface area contributed by atoms with E-state index in [1.54, 1.807) is 0 Å². The van der Waals surface area contributed by atoms with E-state index < -0.39 is 41.0 Å². The number of rotatable bonds is 8. The summed E-state index contributed by atoms with van der Waals surface area (Å²) in [6.07, 6.45) is -10.5. The second-order valence-electron chi connectivity index (χ2n) is 6.70. The van der Waals surface area contributed by atoms with Gasteiger partial charge in [-0.3, -0.25) is 0 Å². The van der Waals surface area contributed by atoms with E-state index in [1.807, 2.05) is 0 Å². The van der Waals surface area contributed by atoms with Gasteiger partial charge in [-0.15, -0.1) is 0 Å². The Morgan fingerprint density at radius 3 is 1.24 bits per heavy atom. The van der Waals surface area contributed by atoms with Gasteiger partial charge in [0, 0.05) is 0 Å². The smallest absolute Gasteiger partial charge is 0.401 e. The van der Waals surface area contributed by atoms with Gasteiger partial charge in [-0.05, 0) is 35.4 Å². The molecule has 0 heterocycles. The molecule has 0 saturated carbocycles. The Balaban J connectivity index is 2.75. The van der Waals surface area contributed by atoms with Crippen LogP contribution in [0.5, 0.6) is 23.0 Å². The summed E-state index contributed by atoms with van der Waals surface area (Å²) in [5.74, 6) is -5.98. The van der Waals surface area contributed by atoms with Crippen LogP contribution in [0.2, 0.25) is 0 Å². The van der Waals surface area contributed by atoms with Crippen LogP contribution in [-0.4, -0.2) is 51.7 Å². The second kappa shape index (κ2) is 10.1. The molecular weight excluding hydrogens is 460 g/mol. The molecule has 2 rings (SSSR count). The number of halogens is 6. The van der Waals surface area contributed by atoms with Crippen molar-refractivity contribution in [2.45, 2.75) is 24.2 Å². The monoisotopic (exact) mass is 481 g/mol. The summed E-state index contributed by atoms with van der Waals surface area (Å²) < 4.78 is 105. The maximum Gasteiger partial charge on any atom is 0.401 e. The number of benzene rings is 2. The van der Waals surface area contributed by atoms with Gasteiger partial charge >= 0.3 is 12.4 Å². The maximum atomic E-state index is 14.1. The highest BCUT2D eigenvalue weighted by molar-refractivity contribution is 5.97. The Bertz CT molecular complexity index is 915. The fraction of sp³-hybridized carbons (Fsp3) is 0.381. The van der Waals surface area contributed by atoms with Crippen LogP contribution in [0.15, 0.2) is 41.6 Å². The predicted octanol–water partition coefficient (Wildman–Crippen LogP) is 5.54. The zero-order valence-electron chi connectivity index (χ0n) is 17.9. The van der Waals surface area contributed by atoms with Crippen molar-refractivity contribution in [3.63, 3.8) is 0 Å². The first-order valence-electron chi connectivity index (χ1n) is 9.22. The van der Waals surface area contributed by atoms with Crippen molar-refractivity contribution >= 4 is 5.71 Å². The zero-order chi connectivity index (χ0) is 25.0. The van der Waals surface area contributed by atoms with Crippen molar-refractivity contribution in [2.24, 2.45) is 5.16 Å². The molecule has 12 heteroatoms. The van der Waals surface area contributed by atoms with Crippen LogP contribution < -0.4 is 18.9 Å². The molecule has 0 aliphatic heterocycles. The Kier molecular flexibility index (Phi) is 7.93. The Morgan fingerprint density at radius 1 is 0.667 bits per heavy atom. The first-order chi connectivity index (χ1) is 15.4. The topological polar surface area (TPSA) is 69.5 Å². The number of hydrogen-bond donors (Lipinski definition) is 1. The van der Waals surface area contributed by atoms with Crippen LogP contribution in [0, 0.1) is 0 Å². The average molecular weight is 481 g/mol. The van der Waals surface area contributed by atoms with Gasteiger partial charge in [0.05, 0.1) is 34.2 Å². The van der Waals surface area contributed by atoms with Gasteiger partial charge in [0.2, 0.25) is 0 Å². The molecule has 2 aromatic carbocycles. The summed E-state index contributed by atoms with van der Waals surface area (Å²) in [5, 5.41) is 11.9. The lowest BCUT2D eigenvalue weighted by molar-refractivity contribution is -0.148. The average Bonchev–Trinajstić information content (AvgIpc) is 2.76. The van der Waals surface area contributed by atoms with Crippen molar-refractivity contribution in [3.05, 3.63) is 47.5 Å². The fourth-order valence-electron chi connectivity index (χ4n) is 3.40. The lowest BCUT2D eigenvalue weighted by Gasteiger charge is -2.29. The molecule has 0 fully saturated rings. The largest absolute Gasteiger partial charge is 0.493 e. The minimum absolute atomic E-state index is 0.0666. The quantitative estimate of drug-likeness (QED) is 0.232. The SMILES string of the molecule is COc1ccc(C(C(=NO)C(c2ccc(OC)c(OC)c2)C(F)(F)F)C(F)(F)F)cc1OC. The van der Waals surface area contributed by atoms with E-state index in [1.165, 1.54) is 14.2 Å². The summed E-state index contributed by atoms with van der Waals surface area (Å²) in [7, 11) is 4.81. The second-order valence-corrected chi connectivity index (χ2v) is 6.70. The molecule has 2 unspecified atom stereocenters. The Labute approximate surface area is 185 Å². The Morgan fingerprint density at radius 2 is 1.00 bits per heavy atom. The van der Waals surface area contributed by atoms with E-state index in [0.717, 1.165) is 50.6 Å². The van der Waals surface area contributed by atoms with E-state index in [0.29, 0.717) is 0 Å². The number of ether oxygens (including phenoxy) is 4. The van der Waals surface area contributed by atoms with Crippen molar-refractivity contribution in [1.82, 2.24) is 0 Å². The first kappa shape index (κ1) is 25.9. The van der Waals surface area contributed by atoms with Gasteiger partial charge in [0.25, 0.3) is 0 Å². The minimum Gasteiger partial charge on any atom is -0.493 e. The molecule has 0 amide bonds. The Hall–Kier alpha value is -3.31. The van der Waals surface area contributed by atoms with Gasteiger partial charge < -0.3 is 24.2 Å². The molecule has 2 aromatic rings. The molecule has 0 aromatic heterocycles. The predicted molar refractivity (Wildman–Crippen MR) is 106 cm³/mol. The van der Waals surface area contributed by atoms with E-state index in [9.17, 15) is 31.5 Å². The van der Waals surface area contributed by atoms with Gasteiger partial charge in [0.1, 0.15) is 11.8 Å². The molecule has 0 radical (unpaired) electrons. The number of nitrogens with zero attached hydrogens (tertiary/aromatic N) is 1. The van der Waals surface area contributed by atoms with Crippen LogP contribution in [0.25, 0.3) is 0 Å². The van der Waals surface area contributed by atoms with Crippen molar-refractivity contribution in [1.29, 1.82) is 0 Å². The highest BCUT2D eigenvalue weighted by atomic mass is 19.4. The van der Waals surface area contributed by atoms with E-state index in [-0.39, 0.29) is 23.0 Å². The highest BCUT2D eigenvalue weighted by Gasteiger charge is 2.54. The van der Waals surface area contributed by atoms with Crippen LogP contribution >= 0.6 is 0 Å². The van der Waals surface area contributed by atoms with Crippen LogP contribution in [0.4, 0.5) is 26.3 Å². The molecule has 1 N–H and O–H groups in total. The number of alkyl halides is 6. The summed E-state index contributed by atoms with van der Waals surface area (Å²) >= 11 is 0. The molecule has 0 saturated heterocycles. The third-order valence-corrected chi connectivity index (χ3v) is 4.84. The highest BCUT2D eigenvalue weighted by Crippen LogP contribution is 2.47.